The number of fused-ring (bicyclic) bond motifs is 1. The average Bonchev–Trinajstić information content (AvgIpc) is 2.67. The van der Waals surface area contributed by atoms with Crippen LogP contribution in [0.5, 0.6) is 0 Å². The molecule has 1 aliphatic heterocycles. The van der Waals surface area contributed by atoms with Gasteiger partial charge in [0, 0.05) is 43.9 Å². The van der Waals surface area contributed by atoms with Crippen molar-refractivity contribution in [3.8, 4) is 0 Å². The van der Waals surface area contributed by atoms with Crippen molar-refractivity contribution >= 4 is 5.91 Å². The Morgan fingerprint density at radius 2 is 2.41 bits per heavy atom. The zero-order chi connectivity index (χ0) is 12.4. The summed E-state index contributed by atoms with van der Waals surface area (Å²) in [5.74, 6) is -0.0556. The molecule has 1 amide bonds. The first-order chi connectivity index (χ1) is 8.13. The lowest BCUT2D eigenvalue weighted by Crippen LogP contribution is -2.33. The molecule has 2 rings (SSSR count). The highest BCUT2D eigenvalue weighted by atomic mass is 16.2. The Morgan fingerprint density at radius 1 is 1.65 bits per heavy atom. The number of aromatic nitrogens is 2. The number of carbonyl (C=O) groups is 1. The van der Waals surface area contributed by atoms with Gasteiger partial charge in [-0.3, -0.25) is 9.48 Å². The van der Waals surface area contributed by atoms with Gasteiger partial charge in [0.05, 0.1) is 0 Å². The summed E-state index contributed by atoms with van der Waals surface area (Å²) < 4.78 is 1.84. The summed E-state index contributed by atoms with van der Waals surface area (Å²) in [4.78, 5) is 12.1. The summed E-state index contributed by atoms with van der Waals surface area (Å²) in [7, 11) is 1.91. The Hall–Kier alpha value is -1.36. The second-order valence-corrected chi connectivity index (χ2v) is 4.61. The van der Waals surface area contributed by atoms with Gasteiger partial charge in [0.15, 0.2) is 5.69 Å². The third-order valence-electron chi connectivity index (χ3n) is 3.32. The van der Waals surface area contributed by atoms with Crippen LogP contribution < -0.4 is 10.6 Å². The van der Waals surface area contributed by atoms with E-state index in [1.165, 1.54) is 5.69 Å². The van der Waals surface area contributed by atoms with Crippen molar-refractivity contribution in [2.75, 3.05) is 6.54 Å². The maximum Gasteiger partial charge on any atom is 0.272 e. The van der Waals surface area contributed by atoms with E-state index >= 15 is 0 Å². The Kier molecular flexibility index (Phi) is 3.47. The molecule has 2 heterocycles. The van der Waals surface area contributed by atoms with Crippen LogP contribution in [0.15, 0.2) is 0 Å². The molecule has 1 aliphatic rings. The molecule has 1 aromatic rings. The van der Waals surface area contributed by atoms with Crippen molar-refractivity contribution in [1.82, 2.24) is 20.4 Å². The second-order valence-electron chi connectivity index (χ2n) is 4.61. The minimum atomic E-state index is -0.0556. The lowest BCUT2D eigenvalue weighted by molar-refractivity contribution is 0.0932. The minimum Gasteiger partial charge on any atom is -0.348 e. The number of amides is 1. The molecule has 94 valence electrons. The number of carbonyl (C=O) groups excluding carboxylic acids is 1. The van der Waals surface area contributed by atoms with Gasteiger partial charge in [-0.25, -0.2) is 0 Å². The van der Waals surface area contributed by atoms with Crippen LogP contribution in [0.25, 0.3) is 0 Å². The van der Waals surface area contributed by atoms with Gasteiger partial charge in [-0.05, 0) is 13.3 Å². The summed E-state index contributed by atoms with van der Waals surface area (Å²) in [5, 5.41) is 10.6. The predicted octanol–water partition coefficient (Wildman–Crippen LogP) is 0.594. The van der Waals surface area contributed by atoms with Crippen molar-refractivity contribution in [3.63, 3.8) is 0 Å². The number of nitrogens with zero attached hydrogens (tertiary/aromatic N) is 2. The third kappa shape index (κ3) is 2.34. The number of hydrogen-bond acceptors (Lipinski definition) is 3. The van der Waals surface area contributed by atoms with E-state index in [9.17, 15) is 4.79 Å². The summed E-state index contributed by atoms with van der Waals surface area (Å²) in [6, 6.07) is 0.191. The first kappa shape index (κ1) is 12.1. The molecule has 1 atom stereocenters. The molecule has 0 spiro atoms. The zero-order valence-electron chi connectivity index (χ0n) is 10.7. The van der Waals surface area contributed by atoms with Gasteiger partial charge in [0.25, 0.3) is 5.91 Å². The molecule has 0 fully saturated rings. The molecule has 17 heavy (non-hydrogen) atoms. The lowest BCUT2D eigenvalue weighted by atomic mass is 10.1. The van der Waals surface area contributed by atoms with Crippen LogP contribution in [0.3, 0.4) is 0 Å². The normalized spacial score (nSPS) is 16.4. The van der Waals surface area contributed by atoms with E-state index in [1.54, 1.807) is 0 Å². The van der Waals surface area contributed by atoms with Crippen LogP contribution in [-0.4, -0.2) is 28.3 Å². The predicted molar refractivity (Wildman–Crippen MR) is 65.8 cm³/mol. The van der Waals surface area contributed by atoms with Gasteiger partial charge in [-0.2, -0.15) is 5.10 Å². The summed E-state index contributed by atoms with van der Waals surface area (Å²) >= 11 is 0. The molecular weight excluding hydrogens is 216 g/mol. The molecule has 0 saturated carbocycles. The van der Waals surface area contributed by atoms with Gasteiger partial charge in [0.1, 0.15) is 0 Å². The minimum absolute atomic E-state index is 0.0556. The van der Waals surface area contributed by atoms with Crippen LogP contribution in [0.2, 0.25) is 0 Å². The molecular formula is C12H20N4O. The number of rotatable bonds is 3. The van der Waals surface area contributed by atoms with E-state index in [4.69, 9.17) is 0 Å². The van der Waals surface area contributed by atoms with Crippen LogP contribution in [-0.2, 0) is 20.0 Å². The van der Waals surface area contributed by atoms with Crippen LogP contribution in [0.1, 0.15) is 42.0 Å². The molecule has 0 saturated heterocycles. The molecule has 2 N–H and O–H groups in total. The fraction of sp³-hybridized carbons (Fsp3) is 0.667. The smallest absolute Gasteiger partial charge is 0.272 e. The maximum absolute atomic E-state index is 12.1. The molecule has 0 aromatic carbocycles. The first-order valence-corrected chi connectivity index (χ1v) is 6.19. The number of hydrogen-bond donors (Lipinski definition) is 2. The number of aryl methyl sites for hydroxylation is 1. The Balaban J connectivity index is 2.23. The highest BCUT2D eigenvalue weighted by Crippen LogP contribution is 2.17. The van der Waals surface area contributed by atoms with Crippen molar-refractivity contribution in [2.45, 2.75) is 39.3 Å². The first-order valence-electron chi connectivity index (χ1n) is 6.19. The van der Waals surface area contributed by atoms with E-state index in [2.05, 4.69) is 22.7 Å². The second kappa shape index (κ2) is 4.87. The van der Waals surface area contributed by atoms with Gasteiger partial charge in [-0.15, -0.1) is 0 Å². The lowest BCUT2D eigenvalue weighted by Gasteiger charge is -2.15. The van der Waals surface area contributed by atoms with Gasteiger partial charge >= 0.3 is 0 Å². The SMILES string of the molecule is CCC(C)NC(=O)c1nn(C)c2c1CNCC2. The molecule has 5 nitrogen and oxygen atoms in total. The topological polar surface area (TPSA) is 59.0 Å². The highest BCUT2D eigenvalue weighted by molar-refractivity contribution is 5.94. The summed E-state index contributed by atoms with van der Waals surface area (Å²) in [6.45, 7) is 5.76. The van der Waals surface area contributed by atoms with Crippen molar-refractivity contribution in [1.29, 1.82) is 0 Å². The van der Waals surface area contributed by atoms with Crippen molar-refractivity contribution < 1.29 is 4.79 Å². The van der Waals surface area contributed by atoms with E-state index in [0.29, 0.717) is 5.69 Å². The van der Waals surface area contributed by atoms with Crippen LogP contribution in [0, 0.1) is 0 Å². The van der Waals surface area contributed by atoms with Gasteiger partial charge in [-0.1, -0.05) is 6.92 Å². The molecule has 1 aromatic heterocycles. The van der Waals surface area contributed by atoms with Crippen LogP contribution in [0.4, 0.5) is 0 Å². The van der Waals surface area contributed by atoms with E-state index in [1.807, 2.05) is 18.7 Å². The van der Waals surface area contributed by atoms with E-state index < -0.39 is 0 Å². The third-order valence-corrected chi connectivity index (χ3v) is 3.32. The largest absolute Gasteiger partial charge is 0.348 e. The summed E-state index contributed by atoms with van der Waals surface area (Å²) in [6.07, 6.45) is 1.87. The zero-order valence-corrected chi connectivity index (χ0v) is 10.7. The van der Waals surface area contributed by atoms with Gasteiger partial charge < -0.3 is 10.6 Å². The molecule has 5 heteroatoms. The van der Waals surface area contributed by atoms with Crippen molar-refractivity contribution in [2.24, 2.45) is 7.05 Å². The Labute approximate surface area is 102 Å². The molecule has 0 radical (unpaired) electrons. The Bertz CT molecular complexity index is 424. The number of nitrogens with one attached hydrogen (secondary N) is 2. The molecule has 0 aliphatic carbocycles. The Morgan fingerprint density at radius 3 is 3.12 bits per heavy atom. The monoisotopic (exact) mass is 236 g/mol. The maximum atomic E-state index is 12.1. The highest BCUT2D eigenvalue weighted by Gasteiger charge is 2.23. The standard InChI is InChI=1S/C12H20N4O/c1-4-8(2)14-12(17)11-9-7-13-6-5-10(9)16(3)15-11/h8,13H,4-7H2,1-3H3,(H,14,17). The molecule has 0 bridgehead atoms. The van der Waals surface area contributed by atoms with E-state index in [0.717, 1.165) is 31.5 Å². The molecule has 1 unspecified atom stereocenters. The fourth-order valence-electron chi connectivity index (χ4n) is 2.10. The quantitative estimate of drug-likeness (QED) is 0.807. The van der Waals surface area contributed by atoms with Crippen molar-refractivity contribution in [3.05, 3.63) is 17.0 Å². The van der Waals surface area contributed by atoms with Gasteiger partial charge in [0.2, 0.25) is 0 Å². The summed E-state index contributed by atoms with van der Waals surface area (Å²) in [5.41, 5.74) is 2.81. The average molecular weight is 236 g/mol. The fourth-order valence-corrected chi connectivity index (χ4v) is 2.10. The van der Waals surface area contributed by atoms with Crippen LogP contribution >= 0.6 is 0 Å². The van der Waals surface area contributed by atoms with E-state index in [-0.39, 0.29) is 11.9 Å².